The highest BCUT2D eigenvalue weighted by Crippen LogP contribution is 2.28. The average molecular weight is 325 g/mol. The van der Waals surface area contributed by atoms with E-state index in [1.807, 2.05) is 12.1 Å². The smallest absolute Gasteiger partial charge is 0.293 e. The van der Waals surface area contributed by atoms with Crippen molar-refractivity contribution in [1.29, 1.82) is 0 Å². The van der Waals surface area contributed by atoms with Gasteiger partial charge in [0.15, 0.2) is 17.2 Å². The van der Waals surface area contributed by atoms with Crippen LogP contribution in [0.15, 0.2) is 40.9 Å². The fourth-order valence-electron chi connectivity index (χ4n) is 2.57. The number of fused-ring (bicyclic) bond motifs is 2. The Morgan fingerprint density at radius 3 is 2.92 bits per heavy atom. The minimum atomic E-state index is -0.536. The number of carbonyl (C=O) groups is 1. The number of nitrogens with zero attached hydrogens (tertiary/aromatic N) is 3. The zero-order chi connectivity index (χ0) is 16.8. The summed E-state index contributed by atoms with van der Waals surface area (Å²) in [4.78, 5) is 15.1. The zero-order valence-corrected chi connectivity index (χ0v) is 12.6. The summed E-state index contributed by atoms with van der Waals surface area (Å²) < 4.78 is 20.8. The summed E-state index contributed by atoms with van der Waals surface area (Å²) in [5.41, 5.74) is 8.01. The van der Waals surface area contributed by atoms with Crippen LogP contribution in [0.4, 0.5) is 16.2 Å². The van der Waals surface area contributed by atoms with Gasteiger partial charge in [-0.1, -0.05) is 6.07 Å². The Labute approximate surface area is 134 Å². The number of carbonyl (C=O) groups excluding carboxylic acids is 1. The van der Waals surface area contributed by atoms with E-state index in [9.17, 15) is 9.18 Å². The van der Waals surface area contributed by atoms with E-state index in [2.05, 4.69) is 15.4 Å². The van der Waals surface area contributed by atoms with Crippen molar-refractivity contribution >= 4 is 34.4 Å². The molecule has 7 nitrogen and oxygen atoms in total. The summed E-state index contributed by atoms with van der Waals surface area (Å²) in [5, 5.41) is 6.89. The van der Waals surface area contributed by atoms with Gasteiger partial charge in [-0.2, -0.15) is 10.1 Å². The van der Waals surface area contributed by atoms with Gasteiger partial charge in [0.2, 0.25) is 5.91 Å². The number of nitrogen functional groups attached to an aromatic ring is 1. The lowest BCUT2D eigenvalue weighted by Crippen LogP contribution is -2.06. The first-order valence-corrected chi connectivity index (χ1v) is 7.12. The van der Waals surface area contributed by atoms with Gasteiger partial charge in [-0.25, -0.2) is 8.91 Å². The number of aromatic nitrogens is 3. The molecule has 0 fully saturated rings. The van der Waals surface area contributed by atoms with Gasteiger partial charge >= 0.3 is 0 Å². The van der Waals surface area contributed by atoms with Crippen LogP contribution >= 0.6 is 0 Å². The molecular weight excluding hydrogens is 313 g/mol. The van der Waals surface area contributed by atoms with Gasteiger partial charge < -0.3 is 15.5 Å². The van der Waals surface area contributed by atoms with E-state index in [-0.39, 0.29) is 17.5 Å². The van der Waals surface area contributed by atoms with Crippen molar-refractivity contribution in [2.45, 2.75) is 6.92 Å². The first kappa shape index (κ1) is 14.2. The van der Waals surface area contributed by atoms with Gasteiger partial charge in [0.25, 0.3) is 6.01 Å². The molecule has 0 aliphatic rings. The molecule has 0 radical (unpaired) electrons. The van der Waals surface area contributed by atoms with Crippen molar-refractivity contribution < 1.29 is 13.6 Å². The van der Waals surface area contributed by atoms with E-state index in [1.54, 1.807) is 22.8 Å². The molecule has 1 aromatic carbocycles. The minimum absolute atomic E-state index is 0.0318. The molecular formula is C16H12FN5O2. The molecule has 0 bridgehead atoms. The van der Waals surface area contributed by atoms with Crippen LogP contribution < -0.4 is 11.1 Å². The van der Waals surface area contributed by atoms with Crippen molar-refractivity contribution in [3.05, 3.63) is 42.3 Å². The molecule has 1 amide bonds. The number of pyridine rings is 1. The van der Waals surface area contributed by atoms with Gasteiger partial charge in [-0.3, -0.25) is 4.79 Å². The summed E-state index contributed by atoms with van der Waals surface area (Å²) in [6.07, 6.45) is 1.74. The molecule has 8 heteroatoms. The summed E-state index contributed by atoms with van der Waals surface area (Å²) in [7, 11) is 0. The van der Waals surface area contributed by atoms with Crippen LogP contribution in [-0.2, 0) is 4.79 Å². The van der Waals surface area contributed by atoms with Gasteiger partial charge in [0.05, 0.1) is 5.52 Å². The molecule has 3 heterocycles. The number of amides is 1. The molecule has 3 aromatic heterocycles. The summed E-state index contributed by atoms with van der Waals surface area (Å²) in [5.74, 6) is -0.286. The fraction of sp³-hybridized carbons (Fsp3) is 0.0625. The Balaban J connectivity index is 1.82. The largest absolute Gasteiger partial charge is 0.421 e. The highest BCUT2D eigenvalue weighted by atomic mass is 19.1. The fourth-order valence-corrected chi connectivity index (χ4v) is 2.57. The van der Waals surface area contributed by atoms with Crippen LogP contribution in [0.1, 0.15) is 6.92 Å². The van der Waals surface area contributed by atoms with Crippen LogP contribution in [-0.4, -0.2) is 20.5 Å². The van der Waals surface area contributed by atoms with Crippen molar-refractivity contribution in [2.75, 3.05) is 11.1 Å². The van der Waals surface area contributed by atoms with Gasteiger partial charge in [0.1, 0.15) is 5.52 Å². The van der Waals surface area contributed by atoms with Crippen LogP contribution in [0.3, 0.4) is 0 Å². The van der Waals surface area contributed by atoms with E-state index in [0.29, 0.717) is 16.9 Å². The number of hydrogen-bond donors (Lipinski definition) is 2. The van der Waals surface area contributed by atoms with Crippen molar-refractivity contribution in [2.24, 2.45) is 0 Å². The van der Waals surface area contributed by atoms with Crippen LogP contribution in [0.5, 0.6) is 0 Å². The van der Waals surface area contributed by atoms with Crippen LogP contribution in [0, 0.1) is 5.82 Å². The quantitative estimate of drug-likeness (QED) is 0.590. The van der Waals surface area contributed by atoms with Crippen LogP contribution in [0.25, 0.3) is 27.7 Å². The molecule has 0 aliphatic carbocycles. The van der Waals surface area contributed by atoms with Crippen LogP contribution in [0.2, 0.25) is 0 Å². The Hall–Kier alpha value is -3.42. The lowest BCUT2D eigenvalue weighted by Gasteiger charge is -2.03. The van der Waals surface area contributed by atoms with E-state index in [1.165, 1.54) is 13.0 Å². The Bertz CT molecular complexity index is 1100. The zero-order valence-electron chi connectivity index (χ0n) is 12.6. The predicted molar refractivity (Wildman–Crippen MR) is 86.9 cm³/mol. The monoisotopic (exact) mass is 325 g/mol. The van der Waals surface area contributed by atoms with E-state index < -0.39 is 5.82 Å². The molecule has 0 saturated carbocycles. The molecule has 0 aliphatic heterocycles. The summed E-state index contributed by atoms with van der Waals surface area (Å²) in [6, 6.07) is 8.37. The third kappa shape index (κ3) is 2.34. The van der Waals surface area contributed by atoms with Gasteiger partial charge in [-0.05, 0) is 23.8 Å². The first-order chi connectivity index (χ1) is 11.5. The number of nitrogens with two attached hydrogens (primary N) is 1. The van der Waals surface area contributed by atoms with E-state index in [0.717, 1.165) is 11.1 Å². The number of anilines is 2. The molecule has 120 valence electrons. The van der Waals surface area contributed by atoms with E-state index in [4.69, 9.17) is 10.2 Å². The molecule has 0 saturated heterocycles. The third-order valence-corrected chi connectivity index (χ3v) is 3.56. The number of halogens is 1. The second kappa shape index (κ2) is 5.05. The molecule has 0 atom stereocenters. The Morgan fingerprint density at radius 1 is 1.29 bits per heavy atom. The maximum Gasteiger partial charge on any atom is 0.293 e. The SMILES string of the molecule is CC(=O)Nc1cc2ccc(-c3cc(F)c4oc(N)nc4c3)cn2n1. The summed E-state index contributed by atoms with van der Waals surface area (Å²) in [6.45, 7) is 1.41. The molecule has 24 heavy (non-hydrogen) atoms. The highest BCUT2D eigenvalue weighted by Gasteiger charge is 2.12. The second-order valence-corrected chi connectivity index (χ2v) is 5.36. The normalized spacial score (nSPS) is 11.2. The molecule has 0 unspecified atom stereocenters. The average Bonchev–Trinajstić information content (AvgIpc) is 3.07. The Morgan fingerprint density at radius 2 is 2.12 bits per heavy atom. The minimum Gasteiger partial charge on any atom is -0.421 e. The number of hydrogen-bond acceptors (Lipinski definition) is 5. The molecule has 3 N–H and O–H groups in total. The molecule has 4 aromatic rings. The van der Waals surface area contributed by atoms with Crippen molar-refractivity contribution in [3.63, 3.8) is 0 Å². The number of nitrogens with one attached hydrogen (secondary N) is 1. The lowest BCUT2D eigenvalue weighted by atomic mass is 10.1. The number of oxazole rings is 1. The van der Waals surface area contributed by atoms with Crippen molar-refractivity contribution in [3.8, 4) is 11.1 Å². The van der Waals surface area contributed by atoms with E-state index >= 15 is 0 Å². The van der Waals surface area contributed by atoms with Gasteiger partial charge in [-0.15, -0.1) is 0 Å². The van der Waals surface area contributed by atoms with Gasteiger partial charge in [0, 0.05) is 24.8 Å². The second-order valence-electron chi connectivity index (χ2n) is 5.36. The maximum absolute atomic E-state index is 14.1. The highest BCUT2D eigenvalue weighted by molar-refractivity contribution is 5.88. The third-order valence-electron chi connectivity index (χ3n) is 3.56. The first-order valence-electron chi connectivity index (χ1n) is 7.12. The lowest BCUT2D eigenvalue weighted by molar-refractivity contribution is -0.114. The van der Waals surface area contributed by atoms with Crippen molar-refractivity contribution in [1.82, 2.24) is 14.6 Å². The molecule has 0 spiro atoms. The topological polar surface area (TPSA) is 98.5 Å². The summed E-state index contributed by atoms with van der Waals surface area (Å²) >= 11 is 0. The number of rotatable bonds is 2. The molecule has 4 rings (SSSR count). The maximum atomic E-state index is 14.1. The predicted octanol–water partition coefficient (Wildman–Crippen LogP) is 2.82. The number of benzene rings is 1. The standard InChI is InChI=1S/C16H12FN5O2/c1-8(23)19-14-6-11-3-2-9(7-22(11)21-14)10-4-12(17)15-13(5-10)20-16(18)24-15/h2-7H,1H3,(H2,18,20)(H,19,21,23). The Kier molecular flexibility index (Phi) is 2.99.